The Morgan fingerprint density at radius 1 is 1.33 bits per heavy atom. The van der Waals surface area contributed by atoms with Crippen molar-refractivity contribution in [2.75, 3.05) is 5.43 Å². The second-order valence-electron chi connectivity index (χ2n) is 4.39. The molecular weight excluding hydrogens is 264 g/mol. The lowest BCUT2D eigenvalue weighted by molar-refractivity contribution is 1.28. The lowest BCUT2D eigenvalue weighted by Crippen LogP contribution is -2.21. The van der Waals surface area contributed by atoms with Crippen molar-refractivity contribution < 1.29 is 0 Å². The van der Waals surface area contributed by atoms with Gasteiger partial charge in [-0.05, 0) is 36.8 Å². The SMILES string of the molecule is Cc1ccnc(-c2ccc(N/N=C(\C#N)C(=N)N)cc2)c1. The van der Waals surface area contributed by atoms with Gasteiger partial charge in [0.05, 0.1) is 11.4 Å². The summed E-state index contributed by atoms with van der Waals surface area (Å²) in [5, 5.41) is 19.7. The zero-order chi connectivity index (χ0) is 15.2. The second kappa shape index (κ2) is 6.30. The molecule has 0 spiro atoms. The van der Waals surface area contributed by atoms with Crippen LogP contribution in [0.25, 0.3) is 11.3 Å². The summed E-state index contributed by atoms with van der Waals surface area (Å²) in [5.41, 5.74) is 11.5. The van der Waals surface area contributed by atoms with Gasteiger partial charge >= 0.3 is 0 Å². The number of anilines is 1. The maximum atomic E-state index is 8.74. The largest absolute Gasteiger partial charge is 0.382 e. The molecule has 21 heavy (non-hydrogen) atoms. The van der Waals surface area contributed by atoms with Gasteiger partial charge in [-0.1, -0.05) is 12.1 Å². The van der Waals surface area contributed by atoms with E-state index in [0.717, 1.165) is 16.8 Å². The van der Waals surface area contributed by atoms with E-state index < -0.39 is 0 Å². The Labute approximate surface area is 122 Å². The molecule has 6 heteroatoms. The Morgan fingerprint density at radius 3 is 2.62 bits per heavy atom. The Kier molecular flexibility index (Phi) is 4.26. The predicted molar refractivity (Wildman–Crippen MR) is 83.0 cm³/mol. The molecule has 0 saturated carbocycles. The molecule has 104 valence electrons. The van der Waals surface area contributed by atoms with Crippen molar-refractivity contribution in [1.29, 1.82) is 10.7 Å². The van der Waals surface area contributed by atoms with E-state index in [1.54, 1.807) is 12.3 Å². The third-order valence-electron chi connectivity index (χ3n) is 2.75. The Balaban J connectivity index is 2.17. The highest BCUT2D eigenvalue weighted by Gasteiger charge is 2.02. The molecule has 0 atom stereocenters. The fraction of sp³-hybridized carbons (Fsp3) is 0.0667. The minimum atomic E-state index is -0.370. The van der Waals surface area contributed by atoms with Gasteiger partial charge in [0.25, 0.3) is 0 Å². The zero-order valence-corrected chi connectivity index (χ0v) is 11.5. The second-order valence-corrected chi connectivity index (χ2v) is 4.39. The van der Waals surface area contributed by atoms with Gasteiger partial charge in [-0.15, -0.1) is 0 Å². The average molecular weight is 278 g/mol. The van der Waals surface area contributed by atoms with Gasteiger partial charge in [0.1, 0.15) is 6.07 Å². The normalized spacial score (nSPS) is 10.8. The van der Waals surface area contributed by atoms with Crippen LogP contribution in [0.2, 0.25) is 0 Å². The van der Waals surface area contributed by atoms with Crippen LogP contribution < -0.4 is 11.2 Å². The summed E-state index contributed by atoms with van der Waals surface area (Å²) < 4.78 is 0. The van der Waals surface area contributed by atoms with E-state index in [1.165, 1.54) is 0 Å². The van der Waals surface area contributed by atoms with E-state index in [1.807, 2.05) is 43.3 Å². The maximum absolute atomic E-state index is 8.74. The number of aromatic nitrogens is 1. The first-order chi connectivity index (χ1) is 10.1. The maximum Gasteiger partial charge on any atom is 0.201 e. The zero-order valence-electron chi connectivity index (χ0n) is 11.5. The molecule has 0 radical (unpaired) electrons. The third kappa shape index (κ3) is 3.64. The van der Waals surface area contributed by atoms with Crippen molar-refractivity contribution in [2.45, 2.75) is 6.92 Å². The van der Waals surface area contributed by atoms with Crippen molar-refractivity contribution in [3.05, 3.63) is 48.2 Å². The number of nitrogens with one attached hydrogen (secondary N) is 2. The van der Waals surface area contributed by atoms with E-state index in [2.05, 4.69) is 15.5 Å². The van der Waals surface area contributed by atoms with Gasteiger partial charge in [0.2, 0.25) is 5.71 Å². The van der Waals surface area contributed by atoms with Gasteiger partial charge in [-0.2, -0.15) is 10.4 Å². The van der Waals surface area contributed by atoms with Gasteiger partial charge in [0.15, 0.2) is 5.84 Å². The van der Waals surface area contributed by atoms with Crippen LogP contribution >= 0.6 is 0 Å². The number of hydrazone groups is 1. The lowest BCUT2D eigenvalue weighted by atomic mass is 10.1. The molecule has 6 nitrogen and oxygen atoms in total. The number of nitrogens with two attached hydrogens (primary N) is 1. The fourth-order valence-corrected chi connectivity index (χ4v) is 1.68. The number of rotatable bonds is 4. The number of benzene rings is 1. The summed E-state index contributed by atoms with van der Waals surface area (Å²) in [5.74, 6) is -0.370. The summed E-state index contributed by atoms with van der Waals surface area (Å²) in [6, 6.07) is 13.1. The average Bonchev–Trinajstić information content (AvgIpc) is 2.48. The van der Waals surface area contributed by atoms with Crippen molar-refractivity contribution in [1.82, 2.24) is 4.98 Å². The number of pyridine rings is 1. The Bertz CT molecular complexity index is 725. The molecule has 0 aliphatic rings. The minimum Gasteiger partial charge on any atom is -0.382 e. The molecule has 0 aliphatic carbocycles. The Morgan fingerprint density at radius 2 is 2.05 bits per heavy atom. The molecule has 1 aromatic carbocycles. The van der Waals surface area contributed by atoms with Gasteiger partial charge < -0.3 is 5.73 Å². The number of aryl methyl sites for hydroxylation is 1. The van der Waals surface area contributed by atoms with Crippen molar-refractivity contribution in [3.8, 4) is 17.3 Å². The number of nitriles is 1. The van der Waals surface area contributed by atoms with Crippen LogP contribution in [0.3, 0.4) is 0 Å². The van der Waals surface area contributed by atoms with Crippen LogP contribution in [0.5, 0.6) is 0 Å². The molecule has 0 aliphatic heterocycles. The molecular formula is C15H14N6. The number of nitrogens with zero attached hydrogens (tertiary/aromatic N) is 3. The Hall–Kier alpha value is -3.20. The molecule has 0 unspecified atom stereocenters. The number of hydrogen-bond acceptors (Lipinski definition) is 5. The van der Waals surface area contributed by atoms with Crippen LogP contribution in [0, 0.1) is 23.7 Å². The first kappa shape index (κ1) is 14.2. The van der Waals surface area contributed by atoms with E-state index >= 15 is 0 Å². The van der Waals surface area contributed by atoms with E-state index in [9.17, 15) is 0 Å². The standard InChI is InChI=1S/C15H14N6/c1-10-6-7-19-13(8-10)11-2-4-12(5-3-11)20-21-14(9-16)15(17)18/h2-8,20H,1H3,(H3,17,18)/b21-14+. The topological polar surface area (TPSA) is 111 Å². The van der Waals surface area contributed by atoms with Crippen LogP contribution in [-0.4, -0.2) is 16.5 Å². The molecule has 2 aromatic rings. The van der Waals surface area contributed by atoms with E-state index in [4.69, 9.17) is 16.4 Å². The number of amidine groups is 1. The van der Waals surface area contributed by atoms with Crippen molar-refractivity contribution in [3.63, 3.8) is 0 Å². The monoisotopic (exact) mass is 278 g/mol. The first-order valence-electron chi connectivity index (χ1n) is 6.21. The first-order valence-corrected chi connectivity index (χ1v) is 6.21. The van der Waals surface area contributed by atoms with Crippen LogP contribution in [-0.2, 0) is 0 Å². The highest BCUT2D eigenvalue weighted by Crippen LogP contribution is 2.20. The minimum absolute atomic E-state index is 0.153. The molecule has 2 rings (SSSR count). The van der Waals surface area contributed by atoms with Gasteiger partial charge in [-0.25, -0.2) is 0 Å². The molecule has 0 fully saturated rings. The highest BCUT2D eigenvalue weighted by molar-refractivity contribution is 6.45. The predicted octanol–water partition coefficient (Wildman–Crippen LogP) is 2.28. The third-order valence-corrected chi connectivity index (χ3v) is 2.75. The molecule has 0 bridgehead atoms. The van der Waals surface area contributed by atoms with Crippen LogP contribution in [0.15, 0.2) is 47.7 Å². The summed E-state index contributed by atoms with van der Waals surface area (Å²) in [6.45, 7) is 2.01. The van der Waals surface area contributed by atoms with Crippen molar-refractivity contribution in [2.24, 2.45) is 10.8 Å². The molecule has 0 saturated heterocycles. The highest BCUT2D eigenvalue weighted by atomic mass is 15.3. The molecule has 0 amide bonds. The quantitative estimate of drug-likeness (QED) is 0.452. The smallest absolute Gasteiger partial charge is 0.201 e. The summed E-state index contributed by atoms with van der Waals surface area (Å²) in [4.78, 5) is 4.31. The van der Waals surface area contributed by atoms with E-state index in [0.29, 0.717) is 5.69 Å². The van der Waals surface area contributed by atoms with Gasteiger partial charge in [0, 0.05) is 11.8 Å². The van der Waals surface area contributed by atoms with Crippen LogP contribution in [0.1, 0.15) is 5.56 Å². The van der Waals surface area contributed by atoms with Crippen molar-refractivity contribution >= 4 is 17.2 Å². The number of hydrogen-bond donors (Lipinski definition) is 3. The van der Waals surface area contributed by atoms with Gasteiger partial charge in [-0.3, -0.25) is 15.8 Å². The molecule has 4 N–H and O–H groups in total. The lowest BCUT2D eigenvalue weighted by Gasteiger charge is -2.04. The summed E-state index contributed by atoms with van der Waals surface area (Å²) in [6.07, 6.45) is 1.77. The molecule has 1 aromatic heterocycles. The van der Waals surface area contributed by atoms with Crippen LogP contribution in [0.4, 0.5) is 5.69 Å². The summed E-state index contributed by atoms with van der Waals surface area (Å²) >= 11 is 0. The fourth-order valence-electron chi connectivity index (χ4n) is 1.68. The summed E-state index contributed by atoms with van der Waals surface area (Å²) in [7, 11) is 0. The molecule has 1 heterocycles. The van der Waals surface area contributed by atoms with E-state index in [-0.39, 0.29) is 11.5 Å².